The second-order valence-corrected chi connectivity index (χ2v) is 9.53. The Balaban J connectivity index is 1.54. The number of fused-ring (bicyclic) bond motifs is 1. The van der Waals surface area contributed by atoms with Crippen molar-refractivity contribution >= 4 is 17.7 Å². The summed E-state index contributed by atoms with van der Waals surface area (Å²) in [7, 11) is 1.62. The first kappa shape index (κ1) is 22.3. The number of hydrogen-bond donors (Lipinski definition) is 1. The SMILES string of the molecule is COc1ccc([C@@H]2CC(=O)N3C(=C2C#N)SC[C@]3(O)c2ccc(C)cc2)cc1Cn1cccn1. The first-order valence-electron chi connectivity index (χ1n) is 11.0. The summed E-state index contributed by atoms with van der Waals surface area (Å²) in [5.41, 5.74) is 2.53. The van der Waals surface area contributed by atoms with Crippen molar-refractivity contribution in [3.05, 3.63) is 93.8 Å². The molecule has 2 aliphatic heterocycles. The summed E-state index contributed by atoms with van der Waals surface area (Å²) >= 11 is 1.36. The average molecular weight is 473 g/mol. The van der Waals surface area contributed by atoms with Gasteiger partial charge in [0.25, 0.3) is 0 Å². The molecule has 2 aliphatic rings. The van der Waals surface area contributed by atoms with E-state index in [1.165, 1.54) is 16.7 Å². The predicted octanol–water partition coefficient (Wildman–Crippen LogP) is 3.89. The van der Waals surface area contributed by atoms with Gasteiger partial charge in [-0.2, -0.15) is 10.4 Å². The van der Waals surface area contributed by atoms with Crippen molar-refractivity contribution in [3.63, 3.8) is 0 Å². The van der Waals surface area contributed by atoms with Gasteiger partial charge >= 0.3 is 0 Å². The number of aromatic nitrogens is 2. The Morgan fingerprint density at radius 3 is 2.76 bits per heavy atom. The lowest BCUT2D eigenvalue weighted by atomic mass is 9.84. The molecule has 2 atom stereocenters. The summed E-state index contributed by atoms with van der Waals surface area (Å²) in [6.45, 7) is 2.49. The van der Waals surface area contributed by atoms with Gasteiger partial charge in [0.05, 0.1) is 36.1 Å². The highest BCUT2D eigenvalue weighted by atomic mass is 32.2. The van der Waals surface area contributed by atoms with Crippen LogP contribution in [-0.4, -0.2) is 38.6 Å². The summed E-state index contributed by atoms with van der Waals surface area (Å²) in [4.78, 5) is 14.8. The number of amides is 1. The fourth-order valence-electron chi connectivity index (χ4n) is 4.65. The van der Waals surface area contributed by atoms with Crippen LogP contribution < -0.4 is 4.74 Å². The summed E-state index contributed by atoms with van der Waals surface area (Å²) in [5, 5.41) is 26.5. The number of thioether (sulfide) groups is 1. The number of ether oxygens (including phenoxy) is 1. The molecule has 5 rings (SSSR count). The molecular formula is C26H24N4O3S. The number of hydrogen-bond acceptors (Lipinski definition) is 6. The van der Waals surface area contributed by atoms with Gasteiger partial charge in [-0.3, -0.25) is 14.4 Å². The topological polar surface area (TPSA) is 91.4 Å². The number of aliphatic hydroxyl groups is 1. The lowest BCUT2D eigenvalue weighted by Gasteiger charge is -2.38. The molecule has 0 bridgehead atoms. The fraction of sp³-hybridized carbons (Fsp3) is 0.269. The minimum atomic E-state index is -1.47. The molecule has 7 nitrogen and oxygen atoms in total. The average Bonchev–Trinajstić information content (AvgIpc) is 3.48. The molecule has 2 aromatic carbocycles. The van der Waals surface area contributed by atoms with E-state index in [0.717, 1.165) is 22.4 Å². The van der Waals surface area contributed by atoms with Gasteiger partial charge in [0.1, 0.15) is 5.75 Å². The number of benzene rings is 2. The molecule has 1 saturated heterocycles. The van der Waals surface area contributed by atoms with E-state index >= 15 is 0 Å². The van der Waals surface area contributed by atoms with Crippen molar-refractivity contribution < 1.29 is 14.6 Å². The van der Waals surface area contributed by atoms with Crippen molar-refractivity contribution in [2.45, 2.75) is 31.5 Å². The number of nitriles is 1. The normalized spacial score (nSPS) is 22.0. The number of aryl methyl sites for hydroxylation is 1. The molecule has 0 spiro atoms. The maximum atomic E-state index is 13.4. The molecule has 0 aliphatic carbocycles. The second kappa shape index (κ2) is 8.67. The Bertz CT molecular complexity index is 1310. The Labute approximate surface area is 202 Å². The Morgan fingerprint density at radius 1 is 1.29 bits per heavy atom. The van der Waals surface area contributed by atoms with E-state index in [1.807, 2.05) is 61.7 Å². The molecule has 0 unspecified atom stereocenters. The first-order chi connectivity index (χ1) is 16.4. The molecule has 1 amide bonds. The second-order valence-electron chi connectivity index (χ2n) is 8.56. The number of carbonyl (C=O) groups excluding carboxylic acids is 1. The molecule has 172 valence electrons. The lowest BCUT2D eigenvalue weighted by molar-refractivity contribution is -0.149. The van der Waals surface area contributed by atoms with Gasteiger partial charge in [0.2, 0.25) is 5.91 Å². The van der Waals surface area contributed by atoms with Crippen LogP contribution in [0.3, 0.4) is 0 Å². The Kier molecular flexibility index (Phi) is 5.68. The number of carbonyl (C=O) groups is 1. The maximum absolute atomic E-state index is 13.4. The predicted molar refractivity (Wildman–Crippen MR) is 129 cm³/mol. The van der Waals surface area contributed by atoms with E-state index in [1.54, 1.807) is 18.0 Å². The molecule has 8 heteroatoms. The molecule has 0 radical (unpaired) electrons. The smallest absolute Gasteiger partial charge is 0.231 e. The molecule has 3 heterocycles. The van der Waals surface area contributed by atoms with Crippen LogP contribution in [0.15, 0.2) is 71.5 Å². The molecule has 34 heavy (non-hydrogen) atoms. The van der Waals surface area contributed by atoms with E-state index in [0.29, 0.717) is 22.7 Å². The summed E-state index contributed by atoms with van der Waals surface area (Å²) in [6, 6.07) is 17.5. The van der Waals surface area contributed by atoms with Crippen molar-refractivity contribution in [3.8, 4) is 11.8 Å². The first-order valence-corrected chi connectivity index (χ1v) is 12.0. The van der Waals surface area contributed by atoms with E-state index < -0.39 is 5.72 Å². The highest BCUT2D eigenvalue weighted by Gasteiger charge is 2.51. The highest BCUT2D eigenvalue weighted by molar-refractivity contribution is 8.03. The van der Waals surface area contributed by atoms with Gasteiger partial charge < -0.3 is 9.84 Å². The van der Waals surface area contributed by atoms with E-state index in [4.69, 9.17) is 4.74 Å². The van der Waals surface area contributed by atoms with Crippen LogP contribution in [0, 0.1) is 18.3 Å². The minimum Gasteiger partial charge on any atom is -0.496 e. The zero-order chi connectivity index (χ0) is 23.9. The van der Waals surface area contributed by atoms with E-state index in [-0.39, 0.29) is 24.0 Å². The zero-order valence-electron chi connectivity index (χ0n) is 18.9. The lowest BCUT2D eigenvalue weighted by Crippen LogP contribution is -2.48. The molecule has 1 N–H and O–H groups in total. The Hall–Kier alpha value is -3.54. The molecule has 0 saturated carbocycles. The third kappa shape index (κ3) is 3.67. The van der Waals surface area contributed by atoms with Crippen LogP contribution in [-0.2, 0) is 17.1 Å². The molecular weight excluding hydrogens is 448 g/mol. The van der Waals surface area contributed by atoms with Crippen molar-refractivity contribution in [1.29, 1.82) is 5.26 Å². The van der Waals surface area contributed by atoms with Gasteiger partial charge in [-0.05, 0) is 30.7 Å². The van der Waals surface area contributed by atoms with Gasteiger partial charge in [0, 0.05) is 35.9 Å². The number of nitrogens with zero attached hydrogens (tertiary/aromatic N) is 4. The third-order valence-electron chi connectivity index (χ3n) is 6.42. The standard InChI is InChI=1S/C26H24N4O3S/c1-17-4-7-20(8-5-17)26(32)16-34-25-22(14-27)21(13-24(31)30(25)26)18-6-9-23(33-2)19(12-18)15-29-11-3-10-28-29/h3-12,21,32H,13,15-16H2,1-2H3/t21-,26-/m0/s1. The maximum Gasteiger partial charge on any atom is 0.231 e. The van der Waals surface area contributed by atoms with Gasteiger partial charge in [0.15, 0.2) is 5.72 Å². The highest BCUT2D eigenvalue weighted by Crippen LogP contribution is 2.51. The van der Waals surface area contributed by atoms with Gasteiger partial charge in [-0.1, -0.05) is 35.9 Å². The van der Waals surface area contributed by atoms with Crippen LogP contribution in [0.4, 0.5) is 0 Å². The summed E-state index contributed by atoms with van der Waals surface area (Å²) in [5.74, 6) is 0.413. The number of rotatable bonds is 5. The van der Waals surface area contributed by atoms with Crippen molar-refractivity contribution in [2.75, 3.05) is 12.9 Å². The molecule has 1 fully saturated rings. The summed E-state index contributed by atoms with van der Waals surface area (Å²) < 4.78 is 7.33. The van der Waals surface area contributed by atoms with Crippen LogP contribution in [0.25, 0.3) is 0 Å². The fourth-order valence-corrected chi connectivity index (χ4v) is 6.01. The van der Waals surface area contributed by atoms with Gasteiger partial charge in [-0.25, -0.2) is 0 Å². The van der Waals surface area contributed by atoms with Crippen LogP contribution in [0.2, 0.25) is 0 Å². The van der Waals surface area contributed by atoms with Crippen LogP contribution in [0.5, 0.6) is 5.75 Å². The third-order valence-corrected chi connectivity index (χ3v) is 7.65. The number of allylic oxidation sites excluding steroid dienone is 1. The van der Waals surface area contributed by atoms with Crippen LogP contribution >= 0.6 is 11.8 Å². The van der Waals surface area contributed by atoms with E-state index in [2.05, 4.69) is 11.2 Å². The van der Waals surface area contributed by atoms with Gasteiger partial charge in [-0.15, -0.1) is 11.8 Å². The number of methoxy groups -OCH3 is 1. The zero-order valence-corrected chi connectivity index (χ0v) is 19.7. The van der Waals surface area contributed by atoms with Crippen molar-refractivity contribution in [1.82, 2.24) is 14.7 Å². The van der Waals surface area contributed by atoms with E-state index in [9.17, 15) is 15.2 Å². The molecule has 3 aromatic rings. The summed E-state index contributed by atoms with van der Waals surface area (Å²) in [6.07, 6.45) is 3.70. The monoisotopic (exact) mass is 472 g/mol. The van der Waals surface area contributed by atoms with Crippen LogP contribution in [0.1, 0.15) is 34.6 Å². The largest absolute Gasteiger partial charge is 0.496 e. The quantitative estimate of drug-likeness (QED) is 0.606. The molecule has 1 aromatic heterocycles. The Morgan fingerprint density at radius 2 is 2.09 bits per heavy atom. The minimum absolute atomic E-state index is 0.106. The van der Waals surface area contributed by atoms with Crippen molar-refractivity contribution in [2.24, 2.45) is 0 Å².